The Labute approximate surface area is 300 Å². The Bertz CT molecular complexity index is 2850. The Morgan fingerprint density at radius 2 is 0.961 bits per heavy atom. The first kappa shape index (κ1) is 29.5. The zero-order chi connectivity index (χ0) is 33.7. The number of thiophene rings is 1. The van der Waals surface area contributed by atoms with Gasteiger partial charge in [-0.3, -0.25) is 0 Å². The molecule has 51 heavy (non-hydrogen) atoms. The molecular weight excluding hydrogens is 637 g/mol. The molecule has 10 rings (SSSR count). The van der Waals surface area contributed by atoms with Gasteiger partial charge in [0.05, 0.1) is 16.7 Å². The Kier molecular flexibility index (Phi) is 7.04. The third kappa shape index (κ3) is 5.01. The molecule has 8 aromatic carbocycles. The lowest BCUT2D eigenvalue weighted by molar-refractivity contribution is 1.18. The Balaban J connectivity index is 1.09. The normalized spacial score (nSPS) is 11.5. The summed E-state index contributed by atoms with van der Waals surface area (Å²) in [4.78, 5) is 2.36. The molecule has 0 aliphatic heterocycles. The van der Waals surface area contributed by atoms with Crippen LogP contribution in [-0.4, -0.2) is 4.57 Å². The Hall–Kier alpha value is -6.42. The van der Waals surface area contributed by atoms with Crippen LogP contribution in [0, 0.1) is 0 Å². The van der Waals surface area contributed by atoms with Crippen molar-refractivity contribution in [3.05, 3.63) is 194 Å². The summed E-state index contributed by atoms with van der Waals surface area (Å²) in [6.45, 7) is 0. The van der Waals surface area contributed by atoms with Crippen LogP contribution in [0.25, 0.3) is 69.9 Å². The lowest BCUT2D eigenvalue weighted by Gasteiger charge is -2.26. The molecule has 0 bridgehead atoms. The standard InChI is InChI=1S/C48H32N2S/c1-3-13-33(14-4-1)35-25-30-46-43(31-35)40-18-8-11-21-45(40)50(46)44-20-10-7-17-39(44)34-23-26-37(27-24-34)49(36-15-5-2-6-16-36)38-28-29-42-41-19-9-12-22-47(41)51-48(42)32-38/h1-32H. The van der Waals surface area contributed by atoms with E-state index in [1.54, 1.807) is 0 Å². The van der Waals surface area contributed by atoms with Gasteiger partial charge in [0, 0.05) is 53.6 Å². The summed E-state index contributed by atoms with van der Waals surface area (Å²) < 4.78 is 5.04. The summed E-state index contributed by atoms with van der Waals surface area (Å²) >= 11 is 1.86. The average Bonchev–Trinajstić information content (AvgIpc) is 3.74. The maximum absolute atomic E-state index is 2.43. The number of para-hydroxylation sites is 3. The van der Waals surface area contributed by atoms with Gasteiger partial charge < -0.3 is 9.47 Å². The molecule has 0 saturated carbocycles. The van der Waals surface area contributed by atoms with Crippen LogP contribution in [0.3, 0.4) is 0 Å². The van der Waals surface area contributed by atoms with Crippen LogP contribution in [0.15, 0.2) is 194 Å². The average molecular weight is 669 g/mol. The summed E-state index contributed by atoms with van der Waals surface area (Å²) in [5, 5.41) is 5.13. The highest BCUT2D eigenvalue weighted by atomic mass is 32.1. The molecule has 2 aromatic heterocycles. The van der Waals surface area contributed by atoms with Crippen LogP contribution >= 0.6 is 11.3 Å². The molecule has 0 amide bonds. The molecule has 0 aliphatic carbocycles. The molecular formula is C48H32N2S. The summed E-state index contributed by atoms with van der Waals surface area (Å²) in [7, 11) is 0. The number of aromatic nitrogens is 1. The van der Waals surface area contributed by atoms with Gasteiger partial charge in [0.25, 0.3) is 0 Å². The second-order valence-corrected chi connectivity index (χ2v) is 14.0. The first-order chi connectivity index (χ1) is 25.3. The molecule has 0 aliphatic rings. The van der Waals surface area contributed by atoms with Crippen LogP contribution in [0.1, 0.15) is 0 Å². The van der Waals surface area contributed by atoms with Crippen molar-refractivity contribution in [1.29, 1.82) is 0 Å². The summed E-state index contributed by atoms with van der Waals surface area (Å²) in [6, 6.07) is 70.3. The van der Waals surface area contributed by atoms with Crippen molar-refractivity contribution in [3.8, 4) is 27.9 Å². The first-order valence-electron chi connectivity index (χ1n) is 17.4. The maximum atomic E-state index is 2.43. The van der Waals surface area contributed by atoms with E-state index in [4.69, 9.17) is 0 Å². The number of anilines is 3. The summed E-state index contributed by atoms with van der Waals surface area (Å²) in [5.74, 6) is 0. The van der Waals surface area contributed by atoms with Crippen LogP contribution in [0.4, 0.5) is 17.1 Å². The predicted octanol–water partition coefficient (Wildman–Crippen LogP) is 14.0. The molecule has 3 heteroatoms. The van der Waals surface area contributed by atoms with E-state index in [1.807, 2.05) is 11.3 Å². The monoisotopic (exact) mass is 668 g/mol. The molecule has 0 fully saturated rings. The van der Waals surface area contributed by atoms with Crippen LogP contribution in [-0.2, 0) is 0 Å². The van der Waals surface area contributed by atoms with E-state index in [0.29, 0.717) is 0 Å². The first-order valence-corrected chi connectivity index (χ1v) is 18.2. The van der Waals surface area contributed by atoms with Crippen molar-refractivity contribution in [3.63, 3.8) is 0 Å². The van der Waals surface area contributed by atoms with Crippen molar-refractivity contribution < 1.29 is 0 Å². The van der Waals surface area contributed by atoms with E-state index in [9.17, 15) is 0 Å². The maximum Gasteiger partial charge on any atom is 0.0541 e. The summed E-state index contributed by atoms with van der Waals surface area (Å²) in [5.41, 5.74) is 11.8. The third-order valence-corrected chi connectivity index (χ3v) is 11.1. The van der Waals surface area contributed by atoms with Gasteiger partial charge in [-0.2, -0.15) is 0 Å². The number of hydrogen-bond acceptors (Lipinski definition) is 2. The molecule has 10 aromatic rings. The minimum absolute atomic E-state index is 1.12. The van der Waals surface area contributed by atoms with Gasteiger partial charge in [-0.25, -0.2) is 0 Å². The minimum Gasteiger partial charge on any atom is -0.310 e. The molecule has 2 nitrogen and oxygen atoms in total. The fourth-order valence-corrected chi connectivity index (χ4v) is 8.76. The van der Waals surface area contributed by atoms with Gasteiger partial charge in [0.15, 0.2) is 0 Å². The fraction of sp³-hybridized carbons (Fsp3) is 0. The van der Waals surface area contributed by atoms with E-state index >= 15 is 0 Å². The molecule has 2 heterocycles. The van der Waals surface area contributed by atoms with Crippen molar-refractivity contribution in [1.82, 2.24) is 4.57 Å². The van der Waals surface area contributed by atoms with Gasteiger partial charge in [-0.15, -0.1) is 11.3 Å². The van der Waals surface area contributed by atoms with Crippen LogP contribution < -0.4 is 4.90 Å². The lowest BCUT2D eigenvalue weighted by atomic mass is 10.0. The van der Waals surface area contributed by atoms with E-state index in [1.165, 1.54) is 69.9 Å². The Morgan fingerprint density at radius 1 is 0.353 bits per heavy atom. The van der Waals surface area contributed by atoms with Gasteiger partial charge in [0.1, 0.15) is 0 Å². The number of fused-ring (bicyclic) bond motifs is 6. The highest BCUT2D eigenvalue weighted by molar-refractivity contribution is 7.25. The SMILES string of the molecule is c1ccc(-c2ccc3c(c2)c2ccccc2n3-c2ccccc2-c2ccc(N(c3ccccc3)c3ccc4c(c3)sc3ccccc34)cc2)cc1. The molecule has 240 valence electrons. The van der Waals surface area contributed by atoms with Crippen molar-refractivity contribution >= 4 is 70.4 Å². The zero-order valence-electron chi connectivity index (χ0n) is 27.8. The molecule has 0 spiro atoms. The fourth-order valence-electron chi connectivity index (χ4n) is 7.62. The van der Waals surface area contributed by atoms with Gasteiger partial charge in [0.2, 0.25) is 0 Å². The predicted molar refractivity (Wildman–Crippen MR) is 219 cm³/mol. The van der Waals surface area contributed by atoms with Gasteiger partial charge in [-0.05, 0) is 83.4 Å². The molecule has 0 N–H and O–H groups in total. The number of nitrogens with zero attached hydrogens (tertiary/aromatic N) is 2. The quantitative estimate of drug-likeness (QED) is 0.171. The van der Waals surface area contributed by atoms with Gasteiger partial charge >= 0.3 is 0 Å². The van der Waals surface area contributed by atoms with E-state index < -0.39 is 0 Å². The third-order valence-electron chi connectivity index (χ3n) is 10.00. The zero-order valence-corrected chi connectivity index (χ0v) is 28.6. The number of hydrogen-bond donors (Lipinski definition) is 0. The number of benzene rings is 8. The van der Waals surface area contributed by atoms with Crippen LogP contribution in [0.5, 0.6) is 0 Å². The molecule has 0 saturated heterocycles. The van der Waals surface area contributed by atoms with E-state index in [2.05, 4.69) is 204 Å². The lowest BCUT2D eigenvalue weighted by Crippen LogP contribution is -2.09. The molecule has 0 unspecified atom stereocenters. The smallest absolute Gasteiger partial charge is 0.0541 e. The van der Waals surface area contributed by atoms with Crippen molar-refractivity contribution in [2.24, 2.45) is 0 Å². The van der Waals surface area contributed by atoms with Crippen molar-refractivity contribution in [2.75, 3.05) is 4.90 Å². The highest BCUT2D eigenvalue weighted by Gasteiger charge is 2.18. The molecule has 0 radical (unpaired) electrons. The van der Waals surface area contributed by atoms with Gasteiger partial charge in [-0.1, -0.05) is 127 Å². The van der Waals surface area contributed by atoms with E-state index in [-0.39, 0.29) is 0 Å². The highest BCUT2D eigenvalue weighted by Crippen LogP contribution is 2.42. The second-order valence-electron chi connectivity index (χ2n) is 13.0. The second kappa shape index (κ2) is 12.2. The summed E-state index contributed by atoms with van der Waals surface area (Å²) in [6.07, 6.45) is 0. The minimum atomic E-state index is 1.12. The Morgan fingerprint density at radius 3 is 1.80 bits per heavy atom. The van der Waals surface area contributed by atoms with Crippen molar-refractivity contribution in [2.45, 2.75) is 0 Å². The van der Waals surface area contributed by atoms with Crippen LogP contribution in [0.2, 0.25) is 0 Å². The van der Waals surface area contributed by atoms with E-state index in [0.717, 1.165) is 17.1 Å². The topological polar surface area (TPSA) is 8.17 Å². The molecule has 0 atom stereocenters. The number of rotatable bonds is 6. The largest absolute Gasteiger partial charge is 0.310 e.